The molecule has 1 aliphatic rings. The fourth-order valence-electron chi connectivity index (χ4n) is 3.12. The number of primary amides is 1. The van der Waals surface area contributed by atoms with Crippen molar-refractivity contribution in [1.29, 1.82) is 0 Å². The van der Waals surface area contributed by atoms with Gasteiger partial charge in [0.2, 0.25) is 0 Å². The summed E-state index contributed by atoms with van der Waals surface area (Å²) in [5, 5.41) is 10.8. The van der Waals surface area contributed by atoms with Gasteiger partial charge in [0.25, 0.3) is 11.6 Å². The zero-order valence-electron chi connectivity index (χ0n) is 12.0. The van der Waals surface area contributed by atoms with E-state index >= 15 is 0 Å². The van der Waals surface area contributed by atoms with Gasteiger partial charge >= 0.3 is 0 Å². The summed E-state index contributed by atoms with van der Waals surface area (Å²) >= 11 is 0. The highest BCUT2D eigenvalue weighted by atomic mass is 16.6. The van der Waals surface area contributed by atoms with Gasteiger partial charge in [-0.2, -0.15) is 0 Å². The zero-order chi connectivity index (χ0) is 15.6. The van der Waals surface area contributed by atoms with Crippen molar-refractivity contribution >= 4 is 17.3 Å². The van der Waals surface area contributed by atoms with E-state index in [4.69, 9.17) is 11.5 Å². The Balaban J connectivity index is 2.38. The summed E-state index contributed by atoms with van der Waals surface area (Å²) in [4.78, 5) is 23.9. The van der Waals surface area contributed by atoms with Gasteiger partial charge < -0.3 is 16.4 Å². The van der Waals surface area contributed by atoms with Crippen molar-refractivity contribution in [1.82, 2.24) is 0 Å². The first kappa shape index (κ1) is 15.2. The number of hydrogen-bond acceptors (Lipinski definition) is 5. The topological polar surface area (TPSA) is 115 Å². The lowest BCUT2D eigenvalue weighted by Gasteiger charge is -2.32. The van der Waals surface area contributed by atoms with Crippen LogP contribution in [0.15, 0.2) is 18.2 Å². The number of nitrogens with two attached hydrogens (primary N) is 2. The number of nitro benzene ring substituents is 1. The number of non-ortho nitro benzene ring substituents is 1. The van der Waals surface area contributed by atoms with Crippen LogP contribution in [0.3, 0.4) is 0 Å². The van der Waals surface area contributed by atoms with E-state index in [0.29, 0.717) is 18.2 Å². The Morgan fingerprint density at radius 2 is 2.19 bits per heavy atom. The maximum absolute atomic E-state index is 11.6. The Kier molecular flexibility index (Phi) is 4.42. The van der Waals surface area contributed by atoms with E-state index in [2.05, 4.69) is 0 Å². The summed E-state index contributed by atoms with van der Waals surface area (Å²) in [5.41, 5.74) is 11.8. The van der Waals surface area contributed by atoms with Crippen LogP contribution in [0, 0.1) is 16.0 Å². The molecule has 7 heteroatoms. The molecule has 7 nitrogen and oxygen atoms in total. The number of rotatable bonds is 5. The molecule has 1 aliphatic carbocycles. The van der Waals surface area contributed by atoms with Crippen molar-refractivity contribution in [3.05, 3.63) is 33.9 Å². The summed E-state index contributed by atoms with van der Waals surface area (Å²) in [6, 6.07) is 4.45. The van der Waals surface area contributed by atoms with E-state index in [-0.39, 0.29) is 17.3 Å². The van der Waals surface area contributed by atoms with Gasteiger partial charge in [-0.15, -0.1) is 0 Å². The molecule has 0 spiro atoms. The molecule has 1 amide bonds. The molecule has 0 heterocycles. The van der Waals surface area contributed by atoms with E-state index in [1.807, 2.05) is 11.9 Å². The van der Waals surface area contributed by atoms with Gasteiger partial charge in [0.05, 0.1) is 16.2 Å². The van der Waals surface area contributed by atoms with Crippen molar-refractivity contribution < 1.29 is 9.72 Å². The highest BCUT2D eigenvalue weighted by Gasteiger charge is 2.31. The predicted octanol–water partition coefficient (Wildman–Crippen LogP) is 1.26. The van der Waals surface area contributed by atoms with Gasteiger partial charge in [-0.25, -0.2) is 0 Å². The van der Waals surface area contributed by atoms with Crippen molar-refractivity contribution in [2.75, 3.05) is 18.5 Å². The minimum Gasteiger partial charge on any atom is -0.371 e. The standard InChI is InChI=1S/C14H20N4O3/c1-17(12-4-2-3-9(12)8-15)13-6-5-10(18(20)21)7-11(13)14(16)19/h5-7,9,12H,2-4,8,15H2,1H3,(H2,16,19). The van der Waals surface area contributed by atoms with E-state index in [9.17, 15) is 14.9 Å². The second-order valence-corrected chi connectivity index (χ2v) is 5.43. The van der Waals surface area contributed by atoms with Gasteiger partial charge in [-0.3, -0.25) is 14.9 Å². The second-order valence-electron chi connectivity index (χ2n) is 5.43. The van der Waals surface area contributed by atoms with Crippen LogP contribution in [0.25, 0.3) is 0 Å². The van der Waals surface area contributed by atoms with Crippen molar-refractivity contribution in [3.63, 3.8) is 0 Å². The molecule has 4 N–H and O–H groups in total. The fraction of sp³-hybridized carbons (Fsp3) is 0.500. The monoisotopic (exact) mass is 292 g/mol. The number of benzene rings is 1. The largest absolute Gasteiger partial charge is 0.371 e. The fourth-order valence-corrected chi connectivity index (χ4v) is 3.12. The molecule has 1 aromatic carbocycles. The van der Waals surface area contributed by atoms with Gasteiger partial charge in [0.1, 0.15) is 0 Å². The van der Waals surface area contributed by atoms with Crippen molar-refractivity contribution in [3.8, 4) is 0 Å². The van der Waals surface area contributed by atoms with Gasteiger partial charge in [0.15, 0.2) is 0 Å². The Bertz CT molecular complexity index is 561. The van der Waals surface area contributed by atoms with E-state index in [0.717, 1.165) is 19.3 Å². The van der Waals surface area contributed by atoms with Crippen LogP contribution in [0.5, 0.6) is 0 Å². The molecule has 0 saturated heterocycles. The molecular weight excluding hydrogens is 272 g/mol. The normalized spacial score (nSPS) is 21.2. The Hall–Kier alpha value is -2.15. The number of amides is 1. The predicted molar refractivity (Wildman–Crippen MR) is 80.2 cm³/mol. The average molecular weight is 292 g/mol. The lowest BCUT2D eigenvalue weighted by atomic mass is 10.0. The number of anilines is 1. The van der Waals surface area contributed by atoms with E-state index in [1.54, 1.807) is 6.07 Å². The highest BCUT2D eigenvalue weighted by Crippen LogP contribution is 2.34. The molecule has 0 radical (unpaired) electrons. The van der Waals surface area contributed by atoms with Crippen LogP contribution in [0.1, 0.15) is 29.6 Å². The van der Waals surface area contributed by atoms with Gasteiger partial charge in [-0.1, -0.05) is 6.42 Å². The van der Waals surface area contributed by atoms with Crippen molar-refractivity contribution in [2.45, 2.75) is 25.3 Å². The summed E-state index contributed by atoms with van der Waals surface area (Å²) in [5.74, 6) is -0.297. The Labute approximate surface area is 123 Å². The van der Waals surface area contributed by atoms with Gasteiger partial charge in [0, 0.05) is 25.2 Å². The maximum atomic E-state index is 11.6. The van der Waals surface area contributed by atoms with Crippen LogP contribution >= 0.6 is 0 Å². The summed E-state index contributed by atoms with van der Waals surface area (Å²) in [7, 11) is 1.88. The molecule has 21 heavy (non-hydrogen) atoms. The molecular formula is C14H20N4O3. The van der Waals surface area contributed by atoms with E-state index < -0.39 is 10.8 Å². The maximum Gasteiger partial charge on any atom is 0.270 e. The second kappa shape index (κ2) is 6.09. The van der Waals surface area contributed by atoms with Crippen LogP contribution < -0.4 is 16.4 Å². The SMILES string of the molecule is CN(c1ccc([N+](=O)[O-])cc1C(N)=O)C1CCCC1CN. The molecule has 2 rings (SSSR count). The smallest absolute Gasteiger partial charge is 0.270 e. The quantitative estimate of drug-likeness (QED) is 0.626. The lowest BCUT2D eigenvalue weighted by molar-refractivity contribution is -0.384. The zero-order valence-corrected chi connectivity index (χ0v) is 12.0. The van der Waals surface area contributed by atoms with Crippen LogP contribution in [-0.4, -0.2) is 30.5 Å². The molecule has 2 unspecified atom stereocenters. The Morgan fingerprint density at radius 1 is 1.48 bits per heavy atom. The molecule has 1 aromatic rings. The first-order chi connectivity index (χ1) is 9.95. The molecule has 0 bridgehead atoms. The molecule has 1 saturated carbocycles. The number of nitrogens with zero attached hydrogens (tertiary/aromatic N) is 2. The summed E-state index contributed by atoms with van der Waals surface area (Å²) < 4.78 is 0. The van der Waals surface area contributed by atoms with Gasteiger partial charge in [-0.05, 0) is 31.4 Å². The third kappa shape index (κ3) is 2.97. The van der Waals surface area contributed by atoms with Crippen LogP contribution in [0.2, 0.25) is 0 Å². The van der Waals surface area contributed by atoms with Crippen LogP contribution in [-0.2, 0) is 0 Å². The van der Waals surface area contributed by atoms with Crippen LogP contribution in [0.4, 0.5) is 11.4 Å². The molecule has 2 atom stereocenters. The summed E-state index contributed by atoms with van der Waals surface area (Å²) in [6.45, 7) is 0.591. The third-order valence-corrected chi connectivity index (χ3v) is 4.26. The minimum absolute atomic E-state index is 0.136. The number of hydrogen-bond donors (Lipinski definition) is 2. The van der Waals surface area contributed by atoms with Crippen molar-refractivity contribution in [2.24, 2.45) is 17.4 Å². The summed E-state index contributed by atoms with van der Waals surface area (Å²) in [6.07, 6.45) is 3.15. The highest BCUT2D eigenvalue weighted by molar-refractivity contribution is 5.99. The number of carbonyl (C=O) groups is 1. The first-order valence-corrected chi connectivity index (χ1v) is 6.96. The minimum atomic E-state index is -0.664. The third-order valence-electron chi connectivity index (χ3n) is 4.26. The number of nitro groups is 1. The lowest BCUT2D eigenvalue weighted by Crippen LogP contribution is -2.38. The average Bonchev–Trinajstić information content (AvgIpc) is 2.94. The molecule has 0 aromatic heterocycles. The Morgan fingerprint density at radius 3 is 2.76 bits per heavy atom. The van der Waals surface area contributed by atoms with E-state index in [1.165, 1.54) is 12.1 Å². The molecule has 0 aliphatic heterocycles. The molecule has 114 valence electrons. The first-order valence-electron chi connectivity index (χ1n) is 6.96. The number of carbonyl (C=O) groups excluding carboxylic acids is 1. The molecule has 1 fully saturated rings.